The molecule has 0 unspecified atom stereocenters. The van der Waals surface area contributed by atoms with E-state index < -0.39 is 10.0 Å². The molecule has 35 heavy (non-hydrogen) atoms. The standard InChI is InChI=1S/C26H27N3O5S/c1-18-7-5-9-24(22-12-10-21(11-13-22)23-8-6-14-27-17-23)25(18)35(30,31)29(33-16-15-32-4)26-19(2)20(3)28-34-26/h5-14,17H,15-16H2,1-4H3. The molecule has 0 bridgehead atoms. The Kier molecular flexibility index (Phi) is 7.30. The van der Waals surface area contributed by atoms with Crippen LogP contribution in [0.15, 0.2) is 76.4 Å². The highest BCUT2D eigenvalue weighted by Crippen LogP contribution is 2.36. The van der Waals surface area contributed by atoms with Crippen LogP contribution in [0.3, 0.4) is 0 Å². The van der Waals surface area contributed by atoms with Gasteiger partial charge in [-0.15, -0.1) is 4.47 Å². The second-order valence-electron chi connectivity index (χ2n) is 8.03. The molecule has 4 rings (SSSR count). The maximum Gasteiger partial charge on any atom is 0.290 e. The van der Waals surface area contributed by atoms with Gasteiger partial charge in [-0.1, -0.05) is 53.7 Å². The molecule has 9 heteroatoms. The van der Waals surface area contributed by atoms with Crippen LogP contribution in [0.25, 0.3) is 22.3 Å². The number of benzene rings is 2. The third kappa shape index (κ3) is 4.97. The quantitative estimate of drug-likeness (QED) is 0.236. The molecule has 0 atom stereocenters. The summed E-state index contributed by atoms with van der Waals surface area (Å²) in [6.45, 7) is 5.45. The molecule has 0 fully saturated rings. The minimum Gasteiger partial charge on any atom is -0.382 e. The second-order valence-corrected chi connectivity index (χ2v) is 9.72. The van der Waals surface area contributed by atoms with Crippen molar-refractivity contribution in [2.75, 3.05) is 24.8 Å². The number of methoxy groups -OCH3 is 1. The van der Waals surface area contributed by atoms with Gasteiger partial charge < -0.3 is 9.26 Å². The summed E-state index contributed by atoms with van der Waals surface area (Å²) in [6, 6.07) is 16.9. The fraction of sp³-hybridized carbons (Fsp3) is 0.231. The van der Waals surface area contributed by atoms with E-state index in [-0.39, 0.29) is 24.0 Å². The second kappa shape index (κ2) is 10.4. The van der Waals surface area contributed by atoms with Gasteiger partial charge in [-0.2, -0.15) is 8.42 Å². The third-order valence-electron chi connectivity index (χ3n) is 5.67. The molecule has 0 saturated heterocycles. The van der Waals surface area contributed by atoms with Crippen molar-refractivity contribution < 1.29 is 22.5 Å². The zero-order valence-corrected chi connectivity index (χ0v) is 20.9. The number of ether oxygens (including phenoxy) is 1. The average Bonchev–Trinajstić information content (AvgIpc) is 3.19. The van der Waals surface area contributed by atoms with E-state index in [1.54, 1.807) is 45.3 Å². The van der Waals surface area contributed by atoms with Crippen molar-refractivity contribution >= 4 is 15.9 Å². The molecule has 8 nitrogen and oxygen atoms in total. The maximum atomic E-state index is 14.1. The Morgan fingerprint density at radius 3 is 2.29 bits per heavy atom. The summed E-state index contributed by atoms with van der Waals surface area (Å²) in [6.07, 6.45) is 3.51. The van der Waals surface area contributed by atoms with Crippen LogP contribution in [-0.2, 0) is 19.6 Å². The Balaban J connectivity index is 1.80. The Bertz CT molecular complexity index is 1400. The number of aryl methyl sites for hydroxylation is 2. The highest BCUT2D eigenvalue weighted by atomic mass is 32.2. The summed E-state index contributed by atoms with van der Waals surface area (Å²) in [5.74, 6) is 0.0136. The number of anilines is 1. The first-order chi connectivity index (χ1) is 16.8. The molecule has 0 N–H and O–H groups in total. The summed E-state index contributed by atoms with van der Waals surface area (Å²) in [7, 11) is -2.69. The highest BCUT2D eigenvalue weighted by molar-refractivity contribution is 7.92. The van der Waals surface area contributed by atoms with Crippen LogP contribution in [0, 0.1) is 20.8 Å². The Morgan fingerprint density at radius 2 is 1.66 bits per heavy atom. The monoisotopic (exact) mass is 493 g/mol. The van der Waals surface area contributed by atoms with Gasteiger partial charge in [-0.3, -0.25) is 9.82 Å². The van der Waals surface area contributed by atoms with Gasteiger partial charge in [0.25, 0.3) is 15.9 Å². The van der Waals surface area contributed by atoms with Crippen LogP contribution in [0.5, 0.6) is 0 Å². The average molecular weight is 494 g/mol. The van der Waals surface area contributed by atoms with E-state index in [4.69, 9.17) is 14.1 Å². The van der Waals surface area contributed by atoms with E-state index in [0.29, 0.717) is 22.4 Å². The van der Waals surface area contributed by atoms with E-state index in [2.05, 4.69) is 10.1 Å². The smallest absolute Gasteiger partial charge is 0.290 e. The molecule has 2 aromatic heterocycles. The summed E-state index contributed by atoms with van der Waals surface area (Å²) in [5, 5.41) is 3.92. The lowest BCUT2D eigenvalue weighted by Gasteiger charge is -2.23. The first-order valence-corrected chi connectivity index (χ1v) is 12.5. The van der Waals surface area contributed by atoms with Crippen LogP contribution >= 0.6 is 0 Å². The van der Waals surface area contributed by atoms with Crippen molar-refractivity contribution in [2.45, 2.75) is 25.7 Å². The summed E-state index contributed by atoms with van der Waals surface area (Å²) < 4.78 is 39.3. The number of nitrogens with zero attached hydrogens (tertiary/aromatic N) is 3. The molecular formula is C26H27N3O5S. The molecule has 0 aliphatic rings. The van der Waals surface area contributed by atoms with E-state index in [1.165, 1.54) is 7.11 Å². The molecule has 0 radical (unpaired) electrons. The van der Waals surface area contributed by atoms with Crippen molar-refractivity contribution in [1.82, 2.24) is 10.1 Å². The number of aromatic nitrogens is 2. The summed E-state index contributed by atoms with van der Waals surface area (Å²) in [4.78, 5) is 9.98. The van der Waals surface area contributed by atoms with Gasteiger partial charge >= 0.3 is 0 Å². The number of pyridine rings is 1. The minimum atomic E-state index is -4.20. The molecule has 2 heterocycles. The van der Waals surface area contributed by atoms with Gasteiger partial charge in [0.05, 0.1) is 18.9 Å². The Labute approximate surface area is 205 Å². The van der Waals surface area contributed by atoms with Crippen LogP contribution in [0.4, 0.5) is 5.88 Å². The fourth-order valence-corrected chi connectivity index (χ4v) is 5.40. The van der Waals surface area contributed by atoms with Gasteiger partial charge in [-0.25, -0.2) is 0 Å². The molecule has 4 aromatic rings. The molecule has 182 valence electrons. The normalized spacial score (nSPS) is 11.5. The van der Waals surface area contributed by atoms with Gasteiger partial charge in [-0.05, 0) is 49.1 Å². The van der Waals surface area contributed by atoms with Crippen molar-refractivity contribution in [2.24, 2.45) is 0 Å². The lowest BCUT2D eigenvalue weighted by Crippen LogP contribution is -2.33. The molecule has 0 spiro atoms. The van der Waals surface area contributed by atoms with Gasteiger partial charge in [0.1, 0.15) is 4.90 Å². The number of hydrogen-bond donors (Lipinski definition) is 0. The first kappa shape index (κ1) is 24.6. The van der Waals surface area contributed by atoms with Crippen LogP contribution < -0.4 is 4.47 Å². The molecule has 2 aromatic carbocycles. The lowest BCUT2D eigenvalue weighted by atomic mass is 10.00. The van der Waals surface area contributed by atoms with E-state index in [0.717, 1.165) is 21.2 Å². The minimum absolute atomic E-state index is 0.00986. The van der Waals surface area contributed by atoms with Gasteiger partial charge in [0.2, 0.25) is 0 Å². The van der Waals surface area contributed by atoms with Crippen molar-refractivity contribution in [3.63, 3.8) is 0 Å². The third-order valence-corrected chi connectivity index (χ3v) is 7.44. The van der Waals surface area contributed by atoms with Crippen LogP contribution in [-0.4, -0.2) is 38.9 Å². The summed E-state index contributed by atoms with van der Waals surface area (Å²) in [5.41, 5.74) is 4.99. The van der Waals surface area contributed by atoms with Crippen LogP contribution in [0.2, 0.25) is 0 Å². The molecular weight excluding hydrogens is 466 g/mol. The zero-order valence-electron chi connectivity index (χ0n) is 20.1. The Hall–Kier alpha value is -3.53. The molecule has 0 aliphatic carbocycles. The van der Waals surface area contributed by atoms with Crippen molar-refractivity contribution in [3.05, 3.63) is 83.8 Å². The van der Waals surface area contributed by atoms with Crippen molar-refractivity contribution in [3.8, 4) is 22.3 Å². The predicted octanol–water partition coefficient (Wildman–Crippen LogP) is 5.10. The zero-order chi connectivity index (χ0) is 25.0. The Morgan fingerprint density at radius 1 is 0.914 bits per heavy atom. The fourth-order valence-electron chi connectivity index (χ4n) is 3.70. The topological polar surface area (TPSA) is 94.8 Å². The highest BCUT2D eigenvalue weighted by Gasteiger charge is 2.34. The van der Waals surface area contributed by atoms with Gasteiger partial charge in [0.15, 0.2) is 0 Å². The molecule has 0 saturated carbocycles. The summed E-state index contributed by atoms with van der Waals surface area (Å²) >= 11 is 0. The number of hydrogen-bond acceptors (Lipinski definition) is 7. The largest absolute Gasteiger partial charge is 0.382 e. The first-order valence-electron chi connectivity index (χ1n) is 11.0. The van der Waals surface area contributed by atoms with E-state index in [1.807, 2.05) is 42.5 Å². The molecule has 0 amide bonds. The number of rotatable bonds is 9. The van der Waals surface area contributed by atoms with Crippen LogP contribution in [0.1, 0.15) is 16.8 Å². The molecule has 0 aliphatic heterocycles. The number of sulfonamides is 1. The lowest BCUT2D eigenvalue weighted by molar-refractivity contribution is 0.0727. The maximum absolute atomic E-state index is 14.1. The SMILES string of the molecule is COCCON(c1onc(C)c1C)S(=O)(=O)c1c(C)cccc1-c1ccc(-c2cccnc2)cc1. The van der Waals surface area contributed by atoms with Crippen molar-refractivity contribution in [1.29, 1.82) is 0 Å². The van der Waals surface area contributed by atoms with E-state index in [9.17, 15) is 8.42 Å². The van der Waals surface area contributed by atoms with Gasteiger partial charge in [0, 0.05) is 30.6 Å². The van der Waals surface area contributed by atoms with E-state index >= 15 is 0 Å². The predicted molar refractivity (Wildman–Crippen MR) is 133 cm³/mol.